The Kier molecular flexibility index (Phi) is 4.73. The molecule has 19 heavy (non-hydrogen) atoms. The summed E-state index contributed by atoms with van der Waals surface area (Å²) in [7, 11) is 0. The molecule has 106 valence electrons. The molecule has 1 N–H and O–H groups in total. The Bertz CT molecular complexity index is 430. The summed E-state index contributed by atoms with van der Waals surface area (Å²) >= 11 is 3.10. The lowest BCUT2D eigenvalue weighted by molar-refractivity contribution is -0.137. The highest BCUT2D eigenvalue weighted by Crippen LogP contribution is 2.33. The number of alkyl halides is 3. The summed E-state index contributed by atoms with van der Waals surface area (Å²) in [5.41, 5.74) is -0.179. The quantitative estimate of drug-likeness (QED) is 0.876. The number of nitrogens with one attached hydrogen (secondary N) is 1. The fourth-order valence-corrected chi connectivity index (χ4v) is 2.60. The van der Waals surface area contributed by atoms with Gasteiger partial charge in [-0.25, -0.2) is 0 Å². The summed E-state index contributed by atoms with van der Waals surface area (Å²) in [5.74, 6) is 0. The van der Waals surface area contributed by atoms with E-state index in [4.69, 9.17) is 4.74 Å². The molecule has 2 rings (SSSR count). The number of hydrogen-bond donors (Lipinski definition) is 1. The normalized spacial score (nSPS) is 19.7. The van der Waals surface area contributed by atoms with Crippen LogP contribution in [0.25, 0.3) is 0 Å². The van der Waals surface area contributed by atoms with Crippen LogP contribution in [-0.2, 0) is 10.9 Å². The Morgan fingerprint density at radius 2 is 2.11 bits per heavy atom. The maximum absolute atomic E-state index is 12.6. The van der Waals surface area contributed by atoms with Gasteiger partial charge in [-0.3, -0.25) is 0 Å². The van der Waals surface area contributed by atoms with Gasteiger partial charge >= 0.3 is 6.18 Å². The van der Waals surface area contributed by atoms with Gasteiger partial charge in [0.15, 0.2) is 0 Å². The zero-order valence-corrected chi connectivity index (χ0v) is 11.9. The van der Waals surface area contributed by atoms with Gasteiger partial charge in [-0.15, -0.1) is 0 Å². The van der Waals surface area contributed by atoms with E-state index in [9.17, 15) is 13.2 Å². The SMILES string of the molecule is FC(F)(F)c1cc(Br)cc(NCCC2CCCO2)c1. The van der Waals surface area contributed by atoms with E-state index >= 15 is 0 Å². The third kappa shape index (κ3) is 4.38. The molecule has 0 saturated carbocycles. The lowest BCUT2D eigenvalue weighted by atomic mass is 10.1. The van der Waals surface area contributed by atoms with Crippen LogP contribution in [-0.4, -0.2) is 19.3 Å². The number of rotatable bonds is 4. The Labute approximate surface area is 118 Å². The molecular weight excluding hydrogens is 323 g/mol. The minimum Gasteiger partial charge on any atom is -0.385 e. The first-order valence-corrected chi connectivity index (χ1v) is 6.98. The topological polar surface area (TPSA) is 21.3 Å². The van der Waals surface area contributed by atoms with Crippen LogP contribution < -0.4 is 5.32 Å². The Morgan fingerprint density at radius 3 is 2.74 bits per heavy atom. The highest BCUT2D eigenvalue weighted by molar-refractivity contribution is 9.10. The molecule has 0 bridgehead atoms. The van der Waals surface area contributed by atoms with Crippen LogP contribution in [0.1, 0.15) is 24.8 Å². The predicted molar refractivity (Wildman–Crippen MR) is 71.2 cm³/mol. The Morgan fingerprint density at radius 1 is 1.32 bits per heavy atom. The van der Waals surface area contributed by atoms with E-state index < -0.39 is 11.7 Å². The molecule has 0 aliphatic carbocycles. The average Bonchev–Trinajstić information content (AvgIpc) is 2.80. The van der Waals surface area contributed by atoms with Gasteiger partial charge in [-0.2, -0.15) is 13.2 Å². The van der Waals surface area contributed by atoms with Gasteiger partial charge in [0.05, 0.1) is 11.7 Å². The summed E-state index contributed by atoms with van der Waals surface area (Å²) in [4.78, 5) is 0. The molecule has 6 heteroatoms. The van der Waals surface area contributed by atoms with Crippen LogP contribution in [0, 0.1) is 0 Å². The lowest BCUT2D eigenvalue weighted by Crippen LogP contribution is -2.13. The van der Waals surface area contributed by atoms with Crippen molar-refractivity contribution in [1.82, 2.24) is 0 Å². The summed E-state index contributed by atoms with van der Waals surface area (Å²) < 4.78 is 43.8. The summed E-state index contributed by atoms with van der Waals surface area (Å²) in [6.45, 7) is 1.40. The second-order valence-electron chi connectivity index (χ2n) is 4.58. The highest BCUT2D eigenvalue weighted by Gasteiger charge is 2.31. The molecule has 1 aliphatic rings. The Hall–Kier alpha value is -0.750. The van der Waals surface area contributed by atoms with Gasteiger partial charge in [-0.05, 0) is 37.5 Å². The number of halogens is 4. The van der Waals surface area contributed by atoms with Gasteiger partial charge in [0, 0.05) is 23.3 Å². The van der Waals surface area contributed by atoms with Gasteiger partial charge in [0.25, 0.3) is 0 Å². The first-order chi connectivity index (χ1) is 8.95. The van der Waals surface area contributed by atoms with Gasteiger partial charge < -0.3 is 10.1 Å². The smallest absolute Gasteiger partial charge is 0.385 e. The van der Waals surface area contributed by atoms with Crippen molar-refractivity contribution in [2.45, 2.75) is 31.5 Å². The van der Waals surface area contributed by atoms with Crippen LogP contribution in [0.4, 0.5) is 18.9 Å². The van der Waals surface area contributed by atoms with E-state index in [1.54, 1.807) is 6.07 Å². The number of anilines is 1. The van der Waals surface area contributed by atoms with E-state index in [2.05, 4.69) is 21.2 Å². The zero-order chi connectivity index (χ0) is 13.9. The zero-order valence-electron chi connectivity index (χ0n) is 10.3. The van der Waals surface area contributed by atoms with Crippen molar-refractivity contribution in [1.29, 1.82) is 0 Å². The second kappa shape index (κ2) is 6.13. The van der Waals surface area contributed by atoms with Crippen LogP contribution in [0.5, 0.6) is 0 Å². The molecule has 1 fully saturated rings. The standard InChI is InChI=1S/C13H15BrF3NO/c14-10-6-9(13(15,16)17)7-11(8-10)18-4-3-12-2-1-5-19-12/h6-8,12,18H,1-5H2. The minimum atomic E-state index is -4.32. The van der Waals surface area contributed by atoms with E-state index in [0.717, 1.165) is 38.0 Å². The molecule has 0 radical (unpaired) electrons. The van der Waals surface area contributed by atoms with E-state index in [-0.39, 0.29) is 6.10 Å². The first-order valence-electron chi connectivity index (χ1n) is 6.18. The van der Waals surface area contributed by atoms with Crippen LogP contribution in [0.3, 0.4) is 0 Å². The summed E-state index contributed by atoms with van der Waals surface area (Å²) in [5, 5.41) is 3.01. The predicted octanol–water partition coefficient (Wildman–Crippen LogP) is 4.45. The molecule has 1 unspecified atom stereocenters. The molecular formula is C13H15BrF3NO. The molecule has 1 saturated heterocycles. The number of benzene rings is 1. The van der Waals surface area contributed by atoms with Crippen molar-refractivity contribution in [3.63, 3.8) is 0 Å². The Balaban J connectivity index is 1.94. The van der Waals surface area contributed by atoms with Crippen molar-refractivity contribution in [2.24, 2.45) is 0 Å². The molecule has 0 spiro atoms. The molecule has 1 atom stereocenters. The largest absolute Gasteiger partial charge is 0.416 e. The second-order valence-corrected chi connectivity index (χ2v) is 5.49. The van der Waals surface area contributed by atoms with Crippen LogP contribution in [0.15, 0.2) is 22.7 Å². The van der Waals surface area contributed by atoms with Gasteiger partial charge in [0.1, 0.15) is 0 Å². The van der Waals surface area contributed by atoms with Crippen molar-refractivity contribution in [3.05, 3.63) is 28.2 Å². The molecule has 0 aromatic heterocycles. The highest BCUT2D eigenvalue weighted by atomic mass is 79.9. The van der Waals surface area contributed by atoms with E-state index in [0.29, 0.717) is 16.7 Å². The number of ether oxygens (including phenoxy) is 1. The van der Waals surface area contributed by atoms with Crippen molar-refractivity contribution in [3.8, 4) is 0 Å². The molecule has 0 amide bonds. The monoisotopic (exact) mass is 337 g/mol. The third-order valence-corrected chi connectivity index (χ3v) is 3.50. The van der Waals surface area contributed by atoms with E-state index in [1.807, 2.05) is 0 Å². The maximum atomic E-state index is 12.6. The fraction of sp³-hybridized carbons (Fsp3) is 0.538. The first kappa shape index (κ1) is 14.7. The lowest BCUT2D eigenvalue weighted by Gasteiger charge is -2.13. The average molecular weight is 338 g/mol. The minimum absolute atomic E-state index is 0.238. The molecule has 1 aromatic carbocycles. The molecule has 1 heterocycles. The fourth-order valence-electron chi connectivity index (χ4n) is 2.10. The summed E-state index contributed by atoms with van der Waals surface area (Å²) in [6, 6.07) is 3.84. The molecule has 1 aliphatic heterocycles. The summed E-state index contributed by atoms with van der Waals surface area (Å²) in [6.07, 6.45) is -1.17. The molecule has 1 aromatic rings. The van der Waals surface area contributed by atoms with Gasteiger partial charge in [0.2, 0.25) is 0 Å². The molecule has 2 nitrogen and oxygen atoms in total. The number of hydrogen-bond acceptors (Lipinski definition) is 2. The third-order valence-electron chi connectivity index (χ3n) is 3.04. The maximum Gasteiger partial charge on any atom is 0.416 e. The van der Waals surface area contributed by atoms with Crippen LogP contribution in [0.2, 0.25) is 0 Å². The van der Waals surface area contributed by atoms with Crippen LogP contribution >= 0.6 is 15.9 Å². The van der Waals surface area contributed by atoms with Crippen molar-refractivity contribution >= 4 is 21.6 Å². The van der Waals surface area contributed by atoms with Crippen molar-refractivity contribution < 1.29 is 17.9 Å². The van der Waals surface area contributed by atoms with Gasteiger partial charge in [-0.1, -0.05) is 15.9 Å². The van der Waals surface area contributed by atoms with E-state index in [1.165, 1.54) is 0 Å². The van der Waals surface area contributed by atoms with Crippen molar-refractivity contribution in [2.75, 3.05) is 18.5 Å².